The number of hydrogen-bond donors (Lipinski definition) is 0. The van der Waals surface area contributed by atoms with Crippen LogP contribution < -0.4 is 0 Å². The summed E-state index contributed by atoms with van der Waals surface area (Å²) < 4.78 is 11.4. The molecule has 20 heavy (non-hydrogen) atoms. The van der Waals surface area contributed by atoms with Crippen LogP contribution in [-0.2, 0) is 15.9 Å². The molecule has 0 saturated carbocycles. The molecule has 2 atom stereocenters. The summed E-state index contributed by atoms with van der Waals surface area (Å²) in [6, 6.07) is 7.99. The first kappa shape index (κ1) is 13.8. The van der Waals surface area contributed by atoms with E-state index in [0.717, 1.165) is 43.4 Å². The third-order valence-electron chi connectivity index (χ3n) is 4.59. The third-order valence-corrected chi connectivity index (χ3v) is 4.59. The first-order chi connectivity index (χ1) is 9.74. The number of ketones is 1. The molecule has 0 amide bonds. The lowest BCUT2D eigenvalue weighted by atomic mass is 9.80. The summed E-state index contributed by atoms with van der Waals surface area (Å²) in [5.74, 6) is 0.371. The van der Waals surface area contributed by atoms with Crippen molar-refractivity contribution in [3.8, 4) is 0 Å². The highest BCUT2D eigenvalue weighted by atomic mass is 16.6. The molecule has 3 heteroatoms. The van der Waals surface area contributed by atoms with Crippen LogP contribution in [0.3, 0.4) is 0 Å². The summed E-state index contributed by atoms with van der Waals surface area (Å²) in [6.07, 6.45) is 3.47. The molecule has 1 aromatic rings. The number of aryl methyl sites for hydroxylation is 1. The molecule has 1 aromatic carbocycles. The highest BCUT2D eigenvalue weighted by Gasteiger charge is 2.43. The van der Waals surface area contributed by atoms with Crippen LogP contribution in [0.5, 0.6) is 0 Å². The van der Waals surface area contributed by atoms with Gasteiger partial charge in [-0.1, -0.05) is 31.2 Å². The van der Waals surface area contributed by atoms with Crippen molar-refractivity contribution in [3.63, 3.8) is 0 Å². The van der Waals surface area contributed by atoms with Gasteiger partial charge in [0.1, 0.15) is 0 Å². The molecule has 2 aliphatic rings. The maximum atomic E-state index is 12.8. The van der Waals surface area contributed by atoms with E-state index >= 15 is 0 Å². The molecule has 0 radical (unpaired) electrons. The Hall–Kier alpha value is -1.19. The molecule has 3 nitrogen and oxygen atoms in total. The SMILES string of the molecule is CCc1ccccc1C(=O)C1CCOC2(CCOC2)C1. The van der Waals surface area contributed by atoms with Gasteiger partial charge in [0.15, 0.2) is 5.78 Å². The first-order valence-electron chi connectivity index (χ1n) is 7.58. The average molecular weight is 274 g/mol. The van der Waals surface area contributed by atoms with Gasteiger partial charge < -0.3 is 9.47 Å². The van der Waals surface area contributed by atoms with Gasteiger partial charge in [0.2, 0.25) is 0 Å². The van der Waals surface area contributed by atoms with Crippen LogP contribution in [0, 0.1) is 5.92 Å². The van der Waals surface area contributed by atoms with Gasteiger partial charge >= 0.3 is 0 Å². The molecule has 0 aliphatic carbocycles. The Bertz CT molecular complexity index is 489. The number of hydrogen-bond acceptors (Lipinski definition) is 3. The molecule has 0 aromatic heterocycles. The average Bonchev–Trinajstić information content (AvgIpc) is 2.94. The van der Waals surface area contributed by atoms with E-state index in [1.807, 2.05) is 18.2 Å². The standard InChI is InChI=1S/C17H22O3/c1-2-13-5-3-4-6-15(13)16(18)14-7-9-20-17(11-14)8-10-19-12-17/h3-6,14H,2,7-12H2,1H3. The summed E-state index contributed by atoms with van der Waals surface area (Å²) in [4.78, 5) is 12.8. The molecule has 0 N–H and O–H groups in total. The molecular weight excluding hydrogens is 252 g/mol. The molecule has 0 bridgehead atoms. The molecular formula is C17H22O3. The van der Waals surface area contributed by atoms with Crippen LogP contribution in [0.4, 0.5) is 0 Å². The van der Waals surface area contributed by atoms with E-state index in [1.54, 1.807) is 0 Å². The molecule has 2 aliphatic heterocycles. The van der Waals surface area contributed by atoms with Crippen molar-refractivity contribution in [3.05, 3.63) is 35.4 Å². The van der Waals surface area contributed by atoms with Gasteiger partial charge in [0.25, 0.3) is 0 Å². The molecule has 108 valence electrons. The predicted molar refractivity (Wildman–Crippen MR) is 77.0 cm³/mol. The van der Waals surface area contributed by atoms with Crippen molar-refractivity contribution in [1.82, 2.24) is 0 Å². The fourth-order valence-corrected chi connectivity index (χ4v) is 3.40. The highest BCUT2D eigenvalue weighted by molar-refractivity contribution is 5.99. The van der Waals surface area contributed by atoms with Crippen molar-refractivity contribution in [1.29, 1.82) is 0 Å². The number of Topliss-reactive ketones (excluding diaryl/α,β-unsaturated/α-hetero) is 1. The van der Waals surface area contributed by atoms with E-state index in [0.29, 0.717) is 13.2 Å². The van der Waals surface area contributed by atoms with Gasteiger partial charge in [0.05, 0.1) is 12.2 Å². The Morgan fingerprint density at radius 1 is 1.35 bits per heavy atom. The second kappa shape index (κ2) is 5.66. The smallest absolute Gasteiger partial charge is 0.166 e. The predicted octanol–water partition coefficient (Wildman–Crippen LogP) is 3.02. The molecule has 2 fully saturated rings. The summed E-state index contributed by atoms with van der Waals surface area (Å²) >= 11 is 0. The van der Waals surface area contributed by atoms with Crippen molar-refractivity contribution >= 4 is 5.78 Å². The Labute approximate surface area is 120 Å². The summed E-state index contributed by atoms with van der Waals surface area (Å²) in [6.45, 7) is 4.18. The minimum absolute atomic E-state index is 0.0816. The minimum Gasteiger partial charge on any atom is -0.378 e. The van der Waals surface area contributed by atoms with E-state index in [1.165, 1.54) is 0 Å². The molecule has 3 rings (SSSR count). The largest absolute Gasteiger partial charge is 0.378 e. The maximum absolute atomic E-state index is 12.8. The zero-order valence-corrected chi connectivity index (χ0v) is 12.1. The van der Waals surface area contributed by atoms with E-state index < -0.39 is 0 Å². The van der Waals surface area contributed by atoms with Crippen LogP contribution in [0.2, 0.25) is 0 Å². The van der Waals surface area contributed by atoms with Gasteiger partial charge in [-0.2, -0.15) is 0 Å². The minimum atomic E-state index is -0.195. The van der Waals surface area contributed by atoms with E-state index in [2.05, 4.69) is 13.0 Å². The van der Waals surface area contributed by atoms with Gasteiger partial charge in [-0.25, -0.2) is 0 Å². The van der Waals surface area contributed by atoms with Gasteiger partial charge in [-0.3, -0.25) is 4.79 Å². The first-order valence-corrected chi connectivity index (χ1v) is 7.58. The fourth-order valence-electron chi connectivity index (χ4n) is 3.40. The lowest BCUT2D eigenvalue weighted by Gasteiger charge is -2.36. The van der Waals surface area contributed by atoms with Crippen LogP contribution in [-0.4, -0.2) is 31.2 Å². The van der Waals surface area contributed by atoms with Crippen molar-refractivity contribution in [2.75, 3.05) is 19.8 Å². The fraction of sp³-hybridized carbons (Fsp3) is 0.588. The van der Waals surface area contributed by atoms with Crippen LogP contribution in [0.15, 0.2) is 24.3 Å². The summed E-state index contributed by atoms with van der Waals surface area (Å²) in [5.41, 5.74) is 1.86. The lowest BCUT2D eigenvalue weighted by molar-refractivity contribution is -0.0920. The Kier molecular flexibility index (Phi) is 3.90. The maximum Gasteiger partial charge on any atom is 0.166 e. The highest BCUT2D eigenvalue weighted by Crippen LogP contribution is 2.37. The Balaban J connectivity index is 1.79. The molecule has 2 unspecified atom stereocenters. The van der Waals surface area contributed by atoms with Crippen molar-refractivity contribution < 1.29 is 14.3 Å². The number of carbonyl (C=O) groups is 1. The summed E-state index contributed by atoms with van der Waals surface area (Å²) in [7, 11) is 0. The third kappa shape index (κ3) is 2.52. The lowest BCUT2D eigenvalue weighted by Crippen LogP contribution is -2.42. The quantitative estimate of drug-likeness (QED) is 0.795. The second-order valence-electron chi connectivity index (χ2n) is 5.90. The van der Waals surface area contributed by atoms with Crippen molar-refractivity contribution in [2.45, 2.75) is 38.2 Å². The number of benzene rings is 1. The molecule has 2 saturated heterocycles. The zero-order chi connectivity index (χ0) is 14.0. The van der Waals surface area contributed by atoms with E-state index in [-0.39, 0.29) is 17.3 Å². The summed E-state index contributed by atoms with van der Waals surface area (Å²) in [5, 5.41) is 0. The van der Waals surface area contributed by atoms with Gasteiger partial charge in [-0.15, -0.1) is 0 Å². The van der Waals surface area contributed by atoms with Gasteiger partial charge in [0, 0.05) is 31.1 Å². The number of carbonyl (C=O) groups excluding carboxylic acids is 1. The normalized spacial score (nSPS) is 29.8. The van der Waals surface area contributed by atoms with E-state index in [4.69, 9.17) is 9.47 Å². The van der Waals surface area contributed by atoms with Crippen LogP contribution in [0.1, 0.15) is 42.1 Å². The number of ether oxygens (including phenoxy) is 2. The molecule has 2 heterocycles. The van der Waals surface area contributed by atoms with Crippen molar-refractivity contribution in [2.24, 2.45) is 5.92 Å². The second-order valence-corrected chi connectivity index (χ2v) is 5.90. The Morgan fingerprint density at radius 3 is 2.95 bits per heavy atom. The topological polar surface area (TPSA) is 35.5 Å². The zero-order valence-electron chi connectivity index (χ0n) is 12.1. The number of rotatable bonds is 3. The molecule has 1 spiro atoms. The monoisotopic (exact) mass is 274 g/mol. The van der Waals surface area contributed by atoms with Gasteiger partial charge in [-0.05, 0) is 24.8 Å². The van der Waals surface area contributed by atoms with Crippen LogP contribution in [0.25, 0.3) is 0 Å². The van der Waals surface area contributed by atoms with Crippen LogP contribution >= 0.6 is 0 Å². The Morgan fingerprint density at radius 2 is 2.20 bits per heavy atom. The van der Waals surface area contributed by atoms with E-state index in [9.17, 15) is 4.79 Å².